The second-order valence-corrected chi connectivity index (χ2v) is 5.01. The van der Waals surface area contributed by atoms with Crippen LogP contribution in [0.4, 0.5) is 0 Å². The Kier molecular flexibility index (Phi) is 3.31. The Labute approximate surface area is 123 Å². The summed E-state index contributed by atoms with van der Waals surface area (Å²) < 4.78 is 17.0. The quantitative estimate of drug-likeness (QED) is 0.731. The Hall–Kier alpha value is -2.08. The summed E-state index contributed by atoms with van der Waals surface area (Å²) in [6, 6.07) is 7.29. The van der Waals surface area contributed by atoms with Crippen molar-refractivity contribution in [1.29, 1.82) is 0 Å². The van der Waals surface area contributed by atoms with Crippen LogP contribution >= 0.6 is 15.9 Å². The van der Waals surface area contributed by atoms with Gasteiger partial charge < -0.3 is 13.9 Å². The molecule has 0 aliphatic carbocycles. The summed E-state index contributed by atoms with van der Waals surface area (Å²) in [5.74, 6) is 1.83. The van der Waals surface area contributed by atoms with E-state index in [1.807, 2.05) is 18.2 Å². The van der Waals surface area contributed by atoms with E-state index in [1.54, 1.807) is 26.5 Å². The van der Waals surface area contributed by atoms with Gasteiger partial charge in [-0.3, -0.25) is 0 Å². The molecule has 2 heterocycles. The van der Waals surface area contributed by atoms with Crippen molar-refractivity contribution in [3.05, 3.63) is 34.9 Å². The summed E-state index contributed by atoms with van der Waals surface area (Å²) in [7, 11) is 3.20. The number of hydrogen-bond donors (Lipinski definition) is 0. The minimum Gasteiger partial charge on any atom is -0.497 e. The molecular weight excluding hydrogens is 324 g/mol. The van der Waals surface area contributed by atoms with E-state index in [2.05, 4.69) is 25.9 Å². The zero-order valence-electron chi connectivity index (χ0n) is 10.9. The summed E-state index contributed by atoms with van der Waals surface area (Å²) >= 11 is 3.35. The van der Waals surface area contributed by atoms with E-state index >= 15 is 0 Å². The third kappa shape index (κ3) is 2.34. The van der Waals surface area contributed by atoms with Crippen LogP contribution in [0.2, 0.25) is 0 Å². The monoisotopic (exact) mass is 334 g/mol. The Morgan fingerprint density at radius 3 is 2.40 bits per heavy atom. The number of aromatic nitrogens is 2. The number of oxazole rings is 1. The van der Waals surface area contributed by atoms with Gasteiger partial charge in [-0.2, -0.15) is 4.98 Å². The highest BCUT2D eigenvalue weighted by Crippen LogP contribution is 2.31. The lowest BCUT2D eigenvalue weighted by Gasteiger charge is -2.05. The van der Waals surface area contributed by atoms with Gasteiger partial charge in [-0.25, -0.2) is 4.98 Å². The van der Waals surface area contributed by atoms with Crippen molar-refractivity contribution in [3.63, 3.8) is 0 Å². The Bertz CT molecular complexity index is 748. The van der Waals surface area contributed by atoms with Gasteiger partial charge in [-0.1, -0.05) is 0 Å². The molecule has 0 saturated carbocycles. The van der Waals surface area contributed by atoms with Crippen LogP contribution in [0.3, 0.4) is 0 Å². The van der Waals surface area contributed by atoms with Crippen LogP contribution in [-0.4, -0.2) is 24.2 Å². The molecule has 5 nitrogen and oxygen atoms in total. The highest BCUT2D eigenvalue weighted by atomic mass is 79.9. The normalized spacial score (nSPS) is 10.8. The lowest BCUT2D eigenvalue weighted by atomic mass is 10.2. The molecule has 0 amide bonds. The molecule has 0 unspecified atom stereocenters. The van der Waals surface area contributed by atoms with E-state index in [0.717, 1.165) is 10.0 Å². The number of benzene rings is 1. The van der Waals surface area contributed by atoms with Crippen molar-refractivity contribution in [1.82, 2.24) is 9.97 Å². The minimum absolute atomic E-state index is 0.475. The van der Waals surface area contributed by atoms with Gasteiger partial charge in [-0.05, 0) is 28.1 Å². The lowest BCUT2D eigenvalue weighted by molar-refractivity contribution is 0.394. The Morgan fingerprint density at radius 1 is 1.05 bits per heavy atom. The summed E-state index contributed by atoms with van der Waals surface area (Å²) in [5, 5.41) is 0. The van der Waals surface area contributed by atoms with E-state index in [0.29, 0.717) is 28.6 Å². The molecule has 2 aromatic heterocycles. The minimum atomic E-state index is 0.475. The fourth-order valence-electron chi connectivity index (χ4n) is 1.85. The Morgan fingerprint density at radius 2 is 1.75 bits per heavy atom. The predicted molar refractivity (Wildman–Crippen MR) is 78.0 cm³/mol. The fourth-order valence-corrected chi connectivity index (χ4v) is 2.16. The SMILES string of the molecule is COc1cc(OC)cc(-c2nc3ncc(Br)cc3o2)c1. The number of fused-ring (bicyclic) bond motifs is 1. The average Bonchev–Trinajstić information content (AvgIpc) is 2.89. The first kappa shape index (κ1) is 12.9. The molecule has 3 rings (SSSR count). The van der Waals surface area contributed by atoms with Crippen LogP contribution in [0, 0.1) is 0 Å². The number of pyridine rings is 1. The van der Waals surface area contributed by atoms with E-state index in [-0.39, 0.29) is 0 Å². The number of methoxy groups -OCH3 is 2. The zero-order chi connectivity index (χ0) is 14.1. The Balaban J connectivity index is 2.14. The standard InChI is InChI=1S/C14H11BrN2O3/c1-18-10-3-8(4-11(6-10)19-2)14-17-13-12(20-14)5-9(15)7-16-13/h3-7H,1-2H3. The maximum absolute atomic E-state index is 5.72. The number of ether oxygens (including phenoxy) is 2. The summed E-state index contributed by atoms with van der Waals surface area (Å²) in [6.45, 7) is 0. The van der Waals surface area contributed by atoms with Gasteiger partial charge in [-0.15, -0.1) is 0 Å². The van der Waals surface area contributed by atoms with Gasteiger partial charge in [0.15, 0.2) is 11.2 Å². The molecule has 0 spiro atoms. The van der Waals surface area contributed by atoms with Crippen molar-refractivity contribution in [3.8, 4) is 23.0 Å². The first-order valence-corrected chi connectivity index (χ1v) is 6.64. The van der Waals surface area contributed by atoms with Crippen LogP contribution in [0.5, 0.6) is 11.5 Å². The topological polar surface area (TPSA) is 57.4 Å². The number of hydrogen-bond acceptors (Lipinski definition) is 5. The van der Waals surface area contributed by atoms with E-state index in [4.69, 9.17) is 13.9 Å². The van der Waals surface area contributed by atoms with Crippen LogP contribution in [0.1, 0.15) is 0 Å². The van der Waals surface area contributed by atoms with Gasteiger partial charge in [0.1, 0.15) is 11.5 Å². The van der Waals surface area contributed by atoms with Crippen LogP contribution in [0.25, 0.3) is 22.7 Å². The van der Waals surface area contributed by atoms with Crippen molar-refractivity contribution in [2.24, 2.45) is 0 Å². The average molecular weight is 335 g/mol. The largest absolute Gasteiger partial charge is 0.497 e. The molecule has 3 aromatic rings. The summed E-state index contributed by atoms with van der Waals surface area (Å²) in [4.78, 5) is 8.56. The molecule has 0 saturated heterocycles. The van der Waals surface area contributed by atoms with E-state index < -0.39 is 0 Å². The van der Waals surface area contributed by atoms with E-state index in [1.165, 1.54) is 0 Å². The van der Waals surface area contributed by atoms with Gasteiger partial charge >= 0.3 is 0 Å². The second kappa shape index (κ2) is 5.13. The first-order chi connectivity index (χ1) is 9.69. The van der Waals surface area contributed by atoms with Gasteiger partial charge in [0.25, 0.3) is 0 Å². The highest BCUT2D eigenvalue weighted by Gasteiger charge is 2.12. The molecule has 102 valence electrons. The second-order valence-electron chi connectivity index (χ2n) is 4.10. The molecule has 6 heteroatoms. The number of rotatable bonds is 3. The lowest BCUT2D eigenvalue weighted by Crippen LogP contribution is -1.88. The van der Waals surface area contributed by atoms with Gasteiger partial charge in [0.2, 0.25) is 5.89 Å². The molecule has 1 aromatic carbocycles. The van der Waals surface area contributed by atoms with E-state index in [9.17, 15) is 0 Å². The molecule has 0 bridgehead atoms. The van der Waals surface area contributed by atoms with Crippen LogP contribution in [0.15, 0.2) is 39.4 Å². The van der Waals surface area contributed by atoms with Gasteiger partial charge in [0, 0.05) is 28.4 Å². The number of nitrogens with zero attached hydrogens (tertiary/aromatic N) is 2. The predicted octanol–water partition coefficient (Wildman–Crippen LogP) is 3.67. The molecule has 0 N–H and O–H groups in total. The number of halogens is 1. The molecule has 0 aliphatic heterocycles. The van der Waals surface area contributed by atoms with Crippen molar-refractivity contribution in [2.75, 3.05) is 14.2 Å². The third-order valence-corrected chi connectivity index (χ3v) is 3.25. The smallest absolute Gasteiger partial charge is 0.229 e. The third-order valence-electron chi connectivity index (χ3n) is 2.81. The summed E-state index contributed by atoms with van der Waals surface area (Å²) in [6.07, 6.45) is 1.68. The molecule has 0 atom stereocenters. The summed E-state index contributed by atoms with van der Waals surface area (Å²) in [5.41, 5.74) is 1.96. The van der Waals surface area contributed by atoms with Crippen LogP contribution < -0.4 is 9.47 Å². The van der Waals surface area contributed by atoms with Gasteiger partial charge in [0.05, 0.1) is 14.2 Å². The zero-order valence-corrected chi connectivity index (χ0v) is 12.5. The van der Waals surface area contributed by atoms with Crippen molar-refractivity contribution >= 4 is 27.2 Å². The van der Waals surface area contributed by atoms with Crippen molar-refractivity contribution < 1.29 is 13.9 Å². The maximum atomic E-state index is 5.72. The van der Waals surface area contributed by atoms with Crippen LogP contribution in [-0.2, 0) is 0 Å². The molecule has 0 fully saturated rings. The fraction of sp³-hybridized carbons (Fsp3) is 0.143. The molecule has 0 radical (unpaired) electrons. The molecule has 0 aliphatic rings. The first-order valence-electron chi connectivity index (χ1n) is 5.85. The van der Waals surface area contributed by atoms with Crippen molar-refractivity contribution in [2.45, 2.75) is 0 Å². The highest BCUT2D eigenvalue weighted by molar-refractivity contribution is 9.10. The molecule has 20 heavy (non-hydrogen) atoms. The maximum Gasteiger partial charge on any atom is 0.229 e. The molecular formula is C14H11BrN2O3.